The van der Waals surface area contributed by atoms with Crippen LogP contribution < -0.4 is 5.32 Å². The van der Waals surface area contributed by atoms with Gasteiger partial charge in [-0.1, -0.05) is 46.3 Å². The molecule has 0 bridgehead atoms. The maximum Gasteiger partial charge on any atom is 0.0210 e. The van der Waals surface area contributed by atoms with Crippen molar-refractivity contribution in [2.45, 2.75) is 12.8 Å². The van der Waals surface area contributed by atoms with Crippen LogP contribution in [0.15, 0.2) is 40.9 Å². The Morgan fingerprint density at radius 3 is 2.79 bits per heavy atom. The highest BCUT2D eigenvalue weighted by Crippen LogP contribution is 2.19. The normalized spacial score (nSPS) is 10.1. The second-order valence-electron chi connectivity index (χ2n) is 3.37. The van der Waals surface area contributed by atoms with Crippen LogP contribution >= 0.6 is 15.9 Å². The van der Waals surface area contributed by atoms with E-state index >= 15 is 0 Å². The van der Waals surface area contributed by atoms with Crippen LogP contribution in [0.2, 0.25) is 0 Å². The van der Waals surface area contributed by atoms with Crippen LogP contribution in [0.5, 0.6) is 0 Å². The number of benzene rings is 1. The van der Waals surface area contributed by atoms with Crippen molar-refractivity contribution in [3.05, 3.63) is 46.5 Å². The lowest BCUT2D eigenvalue weighted by atomic mass is 10.0. The molecular weight excluding hydrogens is 238 g/mol. The first-order valence-corrected chi connectivity index (χ1v) is 5.58. The summed E-state index contributed by atoms with van der Waals surface area (Å²) in [6.45, 7) is 5.07. The van der Waals surface area contributed by atoms with Gasteiger partial charge in [-0.15, -0.1) is 0 Å². The van der Waals surface area contributed by atoms with Gasteiger partial charge in [0.05, 0.1) is 0 Å². The number of hydrogen-bond acceptors (Lipinski definition) is 1. The molecule has 0 atom stereocenters. The van der Waals surface area contributed by atoms with Crippen LogP contribution in [0.25, 0.3) is 0 Å². The zero-order valence-corrected chi connectivity index (χ0v) is 10.1. The Hall–Kier alpha value is -0.600. The highest BCUT2D eigenvalue weighted by Gasteiger charge is 2.00. The molecule has 1 rings (SSSR count). The summed E-state index contributed by atoms with van der Waals surface area (Å²) in [6.07, 6.45) is 2.00. The average Bonchev–Trinajstić information content (AvgIpc) is 2.18. The minimum atomic E-state index is 0.961. The van der Waals surface area contributed by atoms with Crippen LogP contribution in [0, 0.1) is 0 Å². The molecule has 1 aromatic rings. The fourth-order valence-corrected chi connectivity index (χ4v) is 1.73. The van der Waals surface area contributed by atoms with E-state index in [4.69, 9.17) is 0 Å². The summed E-state index contributed by atoms with van der Waals surface area (Å²) in [7, 11) is 1.96. The van der Waals surface area contributed by atoms with Gasteiger partial charge in [0.25, 0.3) is 0 Å². The molecule has 0 saturated carbocycles. The zero-order valence-electron chi connectivity index (χ0n) is 8.52. The van der Waals surface area contributed by atoms with E-state index in [0.717, 1.165) is 19.4 Å². The molecule has 1 nitrogen and oxygen atoms in total. The zero-order chi connectivity index (χ0) is 10.4. The molecule has 0 spiro atoms. The van der Waals surface area contributed by atoms with Gasteiger partial charge in [0.15, 0.2) is 0 Å². The molecule has 0 aliphatic rings. The summed E-state index contributed by atoms with van der Waals surface area (Å²) in [5.41, 5.74) is 2.58. The monoisotopic (exact) mass is 253 g/mol. The first-order valence-electron chi connectivity index (χ1n) is 4.78. The number of nitrogens with one attached hydrogen (secondary N) is 1. The van der Waals surface area contributed by atoms with Crippen LogP contribution in [-0.2, 0) is 6.42 Å². The molecule has 0 aliphatic heterocycles. The van der Waals surface area contributed by atoms with E-state index in [9.17, 15) is 0 Å². The van der Waals surface area contributed by atoms with E-state index < -0.39 is 0 Å². The number of halogens is 1. The lowest BCUT2D eigenvalue weighted by Crippen LogP contribution is -2.08. The molecular formula is C12H16BrN. The number of rotatable bonds is 5. The van der Waals surface area contributed by atoms with Crippen LogP contribution in [-0.4, -0.2) is 13.6 Å². The van der Waals surface area contributed by atoms with Crippen molar-refractivity contribution in [2.24, 2.45) is 0 Å². The lowest BCUT2D eigenvalue weighted by molar-refractivity contribution is 0.774. The third kappa shape index (κ3) is 3.64. The van der Waals surface area contributed by atoms with Crippen molar-refractivity contribution >= 4 is 15.9 Å². The van der Waals surface area contributed by atoms with Crippen molar-refractivity contribution in [3.63, 3.8) is 0 Å². The maximum atomic E-state index is 4.07. The third-order valence-corrected chi connectivity index (χ3v) is 2.90. The van der Waals surface area contributed by atoms with Crippen molar-refractivity contribution in [2.75, 3.05) is 13.6 Å². The molecule has 14 heavy (non-hydrogen) atoms. The molecule has 2 heteroatoms. The SMILES string of the molecule is C=C(CCNC)Cc1ccccc1Br. The first kappa shape index (κ1) is 11.5. The van der Waals surface area contributed by atoms with E-state index in [1.807, 2.05) is 13.1 Å². The van der Waals surface area contributed by atoms with E-state index in [2.05, 4.69) is 46.0 Å². The van der Waals surface area contributed by atoms with Gasteiger partial charge in [-0.25, -0.2) is 0 Å². The average molecular weight is 254 g/mol. The standard InChI is InChI=1S/C12H16BrN/c1-10(7-8-14-2)9-11-5-3-4-6-12(11)13/h3-6,14H,1,7-9H2,2H3. The maximum absolute atomic E-state index is 4.07. The predicted molar refractivity (Wildman–Crippen MR) is 65.5 cm³/mol. The molecule has 0 amide bonds. The Morgan fingerprint density at radius 1 is 1.43 bits per heavy atom. The number of hydrogen-bond donors (Lipinski definition) is 1. The third-order valence-electron chi connectivity index (χ3n) is 2.13. The summed E-state index contributed by atoms with van der Waals surface area (Å²) in [5.74, 6) is 0. The Balaban J connectivity index is 2.52. The highest BCUT2D eigenvalue weighted by atomic mass is 79.9. The van der Waals surface area contributed by atoms with Crippen molar-refractivity contribution in [1.29, 1.82) is 0 Å². The Bertz CT molecular complexity index is 307. The van der Waals surface area contributed by atoms with Crippen molar-refractivity contribution in [3.8, 4) is 0 Å². The highest BCUT2D eigenvalue weighted by molar-refractivity contribution is 9.10. The van der Waals surface area contributed by atoms with Gasteiger partial charge < -0.3 is 5.32 Å². The van der Waals surface area contributed by atoms with Gasteiger partial charge >= 0.3 is 0 Å². The Labute approximate surface area is 94.3 Å². The molecule has 0 saturated heterocycles. The fraction of sp³-hybridized carbons (Fsp3) is 0.333. The minimum absolute atomic E-state index is 0.961. The minimum Gasteiger partial charge on any atom is -0.319 e. The quantitative estimate of drug-likeness (QED) is 0.796. The first-order chi connectivity index (χ1) is 6.74. The molecule has 0 fully saturated rings. The molecule has 1 N–H and O–H groups in total. The van der Waals surface area contributed by atoms with E-state index in [1.54, 1.807) is 0 Å². The Kier molecular flexibility index (Phi) is 4.91. The summed E-state index contributed by atoms with van der Waals surface area (Å²) < 4.78 is 1.17. The molecule has 0 radical (unpaired) electrons. The molecule has 1 aromatic carbocycles. The summed E-state index contributed by atoms with van der Waals surface area (Å²) in [6, 6.07) is 8.30. The second kappa shape index (κ2) is 5.99. The summed E-state index contributed by atoms with van der Waals surface area (Å²) in [4.78, 5) is 0. The molecule has 0 aromatic heterocycles. The van der Waals surface area contributed by atoms with Gasteiger partial charge in [0.2, 0.25) is 0 Å². The van der Waals surface area contributed by atoms with Gasteiger partial charge in [-0.3, -0.25) is 0 Å². The van der Waals surface area contributed by atoms with Crippen LogP contribution in [0.1, 0.15) is 12.0 Å². The van der Waals surface area contributed by atoms with E-state index in [-0.39, 0.29) is 0 Å². The van der Waals surface area contributed by atoms with Gasteiger partial charge in [0, 0.05) is 4.47 Å². The van der Waals surface area contributed by atoms with E-state index in [1.165, 1.54) is 15.6 Å². The smallest absolute Gasteiger partial charge is 0.0210 e. The van der Waals surface area contributed by atoms with Crippen molar-refractivity contribution < 1.29 is 0 Å². The fourth-order valence-electron chi connectivity index (χ4n) is 1.30. The molecule has 0 heterocycles. The predicted octanol–water partition coefficient (Wildman–Crippen LogP) is 3.16. The van der Waals surface area contributed by atoms with Crippen molar-refractivity contribution in [1.82, 2.24) is 5.32 Å². The summed E-state index contributed by atoms with van der Waals surface area (Å²) >= 11 is 3.54. The van der Waals surface area contributed by atoms with Gasteiger partial charge in [-0.05, 0) is 38.1 Å². The second-order valence-corrected chi connectivity index (χ2v) is 4.23. The van der Waals surface area contributed by atoms with E-state index in [0.29, 0.717) is 0 Å². The lowest BCUT2D eigenvalue weighted by Gasteiger charge is -2.07. The van der Waals surface area contributed by atoms with Gasteiger partial charge in [-0.2, -0.15) is 0 Å². The molecule has 76 valence electrons. The summed E-state index contributed by atoms with van der Waals surface area (Å²) in [5, 5.41) is 3.13. The molecule has 0 aliphatic carbocycles. The van der Waals surface area contributed by atoms with Gasteiger partial charge in [0.1, 0.15) is 0 Å². The van der Waals surface area contributed by atoms with Crippen LogP contribution in [0.3, 0.4) is 0 Å². The Morgan fingerprint density at radius 2 is 2.14 bits per heavy atom. The largest absolute Gasteiger partial charge is 0.319 e. The topological polar surface area (TPSA) is 12.0 Å². The van der Waals surface area contributed by atoms with Crippen LogP contribution in [0.4, 0.5) is 0 Å². The molecule has 0 unspecified atom stereocenters.